The molecule has 1 fully saturated rings. The van der Waals surface area contributed by atoms with E-state index in [2.05, 4.69) is 25.7 Å². The first-order chi connectivity index (χ1) is 14.6. The number of aryl methyl sites for hydroxylation is 1. The number of anilines is 3. The summed E-state index contributed by atoms with van der Waals surface area (Å²) < 4.78 is 1.68. The Bertz CT molecular complexity index is 1000. The summed E-state index contributed by atoms with van der Waals surface area (Å²) in [4.78, 5) is 24.0. The van der Waals surface area contributed by atoms with E-state index >= 15 is 0 Å². The summed E-state index contributed by atoms with van der Waals surface area (Å²) >= 11 is 6.37. The molecule has 0 radical (unpaired) electrons. The molecule has 1 amide bonds. The molecule has 4 rings (SSSR count). The van der Waals surface area contributed by atoms with Gasteiger partial charge in [0.2, 0.25) is 11.9 Å². The molecule has 1 unspecified atom stereocenters. The van der Waals surface area contributed by atoms with E-state index in [0.29, 0.717) is 16.8 Å². The second kappa shape index (κ2) is 9.13. The zero-order valence-corrected chi connectivity index (χ0v) is 17.5. The number of halogens is 1. The lowest BCUT2D eigenvalue weighted by atomic mass is 10.0. The van der Waals surface area contributed by atoms with Crippen molar-refractivity contribution in [1.29, 1.82) is 0 Å². The predicted molar refractivity (Wildman–Crippen MR) is 117 cm³/mol. The highest BCUT2D eigenvalue weighted by Crippen LogP contribution is 2.28. The molecular weight excluding hydrogens is 402 g/mol. The van der Waals surface area contributed by atoms with Crippen molar-refractivity contribution in [3.8, 4) is 0 Å². The van der Waals surface area contributed by atoms with Crippen LogP contribution in [-0.2, 0) is 11.8 Å². The Morgan fingerprint density at radius 2 is 1.90 bits per heavy atom. The van der Waals surface area contributed by atoms with Crippen LogP contribution in [0.15, 0.2) is 48.9 Å². The van der Waals surface area contributed by atoms with Crippen molar-refractivity contribution in [2.24, 2.45) is 7.05 Å². The van der Waals surface area contributed by atoms with Gasteiger partial charge in [-0.15, -0.1) is 0 Å². The van der Waals surface area contributed by atoms with Crippen LogP contribution < -0.4 is 10.6 Å². The van der Waals surface area contributed by atoms with Gasteiger partial charge in [0.15, 0.2) is 5.82 Å². The smallest absolute Gasteiger partial charge is 0.249 e. The summed E-state index contributed by atoms with van der Waals surface area (Å²) in [5, 5.41) is 10.8. The molecule has 1 atom stereocenters. The molecule has 0 spiro atoms. The Morgan fingerprint density at radius 3 is 2.60 bits per heavy atom. The standard InChI is InChI=1S/C21H24ClN7O/c1-28-14-16(12-24-28)25-21-23-13-17(22)19(27-21)26-18(15-8-4-2-5-9-15)20(30)29-10-6-3-7-11-29/h2,4-5,8-9,12-14,18H,3,6-7,10-11H2,1H3,(H2,23,25,26,27). The van der Waals surface area contributed by atoms with Crippen LogP contribution in [0.2, 0.25) is 5.02 Å². The monoisotopic (exact) mass is 425 g/mol. The van der Waals surface area contributed by atoms with E-state index < -0.39 is 6.04 Å². The molecule has 9 heteroatoms. The Hall–Kier alpha value is -3.13. The van der Waals surface area contributed by atoms with E-state index in [1.54, 1.807) is 10.9 Å². The number of piperidine rings is 1. The van der Waals surface area contributed by atoms with Crippen LogP contribution in [0, 0.1) is 0 Å². The highest BCUT2D eigenvalue weighted by Gasteiger charge is 2.28. The van der Waals surface area contributed by atoms with Gasteiger partial charge in [0.05, 0.1) is 18.1 Å². The normalized spacial score (nSPS) is 14.9. The second-order valence-corrected chi connectivity index (χ2v) is 7.70. The summed E-state index contributed by atoms with van der Waals surface area (Å²) in [6.45, 7) is 1.55. The van der Waals surface area contributed by atoms with Gasteiger partial charge in [-0.05, 0) is 24.8 Å². The molecule has 1 aromatic carbocycles. The second-order valence-electron chi connectivity index (χ2n) is 7.29. The SMILES string of the molecule is Cn1cc(Nc2ncc(Cl)c(NC(C(=O)N3CCCCC3)c3ccccc3)n2)cn1. The average Bonchev–Trinajstić information content (AvgIpc) is 3.19. The van der Waals surface area contributed by atoms with Crippen molar-refractivity contribution in [3.63, 3.8) is 0 Å². The lowest BCUT2D eigenvalue weighted by molar-refractivity contribution is -0.133. The maximum absolute atomic E-state index is 13.3. The molecule has 0 saturated carbocycles. The number of rotatable bonds is 6. The van der Waals surface area contributed by atoms with Crippen LogP contribution in [0.1, 0.15) is 30.9 Å². The number of carbonyl (C=O) groups is 1. The van der Waals surface area contributed by atoms with Gasteiger partial charge in [-0.1, -0.05) is 41.9 Å². The zero-order chi connectivity index (χ0) is 20.9. The summed E-state index contributed by atoms with van der Waals surface area (Å²) in [6, 6.07) is 9.06. The van der Waals surface area contributed by atoms with Crippen LogP contribution in [0.4, 0.5) is 17.5 Å². The quantitative estimate of drug-likeness (QED) is 0.625. The molecule has 2 N–H and O–H groups in total. The van der Waals surface area contributed by atoms with Gasteiger partial charge in [-0.3, -0.25) is 9.48 Å². The fourth-order valence-corrected chi connectivity index (χ4v) is 3.66. The van der Waals surface area contributed by atoms with Crippen molar-refractivity contribution >= 4 is 35.0 Å². The van der Waals surface area contributed by atoms with Gasteiger partial charge < -0.3 is 15.5 Å². The third-order valence-corrected chi connectivity index (χ3v) is 5.31. The highest BCUT2D eigenvalue weighted by atomic mass is 35.5. The summed E-state index contributed by atoms with van der Waals surface area (Å²) in [5.41, 5.74) is 1.62. The van der Waals surface area contributed by atoms with Gasteiger partial charge in [0, 0.05) is 26.3 Å². The summed E-state index contributed by atoms with van der Waals surface area (Å²) in [6.07, 6.45) is 8.23. The molecular formula is C21H24ClN7O. The number of amides is 1. The van der Waals surface area contributed by atoms with Gasteiger partial charge in [-0.2, -0.15) is 10.1 Å². The number of benzene rings is 1. The minimum Gasteiger partial charge on any atom is -0.353 e. The minimum absolute atomic E-state index is 0.0253. The fourth-order valence-electron chi connectivity index (χ4n) is 3.51. The van der Waals surface area contributed by atoms with Gasteiger partial charge in [0.1, 0.15) is 11.1 Å². The Balaban J connectivity index is 1.60. The maximum atomic E-state index is 13.3. The molecule has 0 bridgehead atoms. The van der Waals surface area contributed by atoms with Crippen molar-refractivity contribution in [2.75, 3.05) is 23.7 Å². The molecule has 1 aliphatic rings. The number of carbonyl (C=O) groups excluding carboxylic acids is 1. The van der Waals surface area contributed by atoms with Crippen LogP contribution in [0.3, 0.4) is 0 Å². The number of likely N-dealkylation sites (tertiary alicyclic amines) is 1. The van der Waals surface area contributed by atoms with E-state index in [4.69, 9.17) is 11.6 Å². The largest absolute Gasteiger partial charge is 0.353 e. The van der Waals surface area contributed by atoms with Crippen molar-refractivity contribution in [1.82, 2.24) is 24.6 Å². The van der Waals surface area contributed by atoms with Crippen LogP contribution in [0.25, 0.3) is 0 Å². The fraction of sp³-hybridized carbons (Fsp3) is 0.333. The molecule has 1 aliphatic heterocycles. The number of hydrogen-bond donors (Lipinski definition) is 2. The van der Waals surface area contributed by atoms with Gasteiger partial charge >= 0.3 is 0 Å². The van der Waals surface area contributed by atoms with Crippen molar-refractivity contribution in [3.05, 3.63) is 59.5 Å². The van der Waals surface area contributed by atoms with E-state index in [0.717, 1.165) is 43.6 Å². The molecule has 3 heterocycles. The topological polar surface area (TPSA) is 88.0 Å². The van der Waals surface area contributed by atoms with Crippen molar-refractivity contribution < 1.29 is 4.79 Å². The first kappa shape index (κ1) is 20.2. The summed E-state index contributed by atoms with van der Waals surface area (Å²) in [7, 11) is 1.83. The summed E-state index contributed by atoms with van der Waals surface area (Å²) in [5.74, 6) is 0.793. The van der Waals surface area contributed by atoms with Crippen molar-refractivity contribution in [2.45, 2.75) is 25.3 Å². The lowest BCUT2D eigenvalue weighted by Gasteiger charge is -2.31. The molecule has 30 heavy (non-hydrogen) atoms. The molecule has 1 saturated heterocycles. The number of hydrogen-bond acceptors (Lipinski definition) is 6. The first-order valence-electron chi connectivity index (χ1n) is 9.98. The average molecular weight is 426 g/mol. The van der Waals surface area contributed by atoms with Gasteiger partial charge in [-0.25, -0.2) is 4.98 Å². The number of nitrogens with zero attached hydrogens (tertiary/aromatic N) is 5. The lowest BCUT2D eigenvalue weighted by Crippen LogP contribution is -2.41. The minimum atomic E-state index is -0.581. The number of nitrogens with one attached hydrogen (secondary N) is 2. The van der Waals surface area contributed by atoms with E-state index in [1.807, 2.05) is 48.5 Å². The third-order valence-electron chi connectivity index (χ3n) is 5.03. The third kappa shape index (κ3) is 4.71. The first-order valence-corrected chi connectivity index (χ1v) is 10.4. The highest BCUT2D eigenvalue weighted by molar-refractivity contribution is 6.32. The molecule has 8 nitrogen and oxygen atoms in total. The Labute approximate surface area is 180 Å². The van der Waals surface area contributed by atoms with E-state index in [1.165, 1.54) is 6.20 Å². The van der Waals surface area contributed by atoms with Crippen LogP contribution in [-0.4, -0.2) is 43.6 Å². The van der Waals surface area contributed by atoms with E-state index in [-0.39, 0.29) is 5.91 Å². The number of aromatic nitrogens is 4. The van der Waals surface area contributed by atoms with E-state index in [9.17, 15) is 4.79 Å². The Kier molecular flexibility index (Phi) is 6.13. The predicted octanol–water partition coefficient (Wildman–Crippen LogP) is 3.77. The van der Waals surface area contributed by atoms with Gasteiger partial charge in [0.25, 0.3) is 0 Å². The van der Waals surface area contributed by atoms with Crippen LogP contribution in [0.5, 0.6) is 0 Å². The molecule has 0 aliphatic carbocycles. The zero-order valence-electron chi connectivity index (χ0n) is 16.8. The molecule has 156 valence electrons. The molecule has 3 aromatic rings. The Morgan fingerprint density at radius 1 is 1.13 bits per heavy atom. The molecule has 2 aromatic heterocycles. The maximum Gasteiger partial charge on any atom is 0.249 e. The van der Waals surface area contributed by atoms with Crippen LogP contribution >= 0.6 is 11.6 Å².